The van der Waals surface area contributed by atoms with Crippen LogP contribution >= 0.6 is 15.9 Å². The van der Waals surface area contributed by atoms with Crippen LogP contribution in [0.15, 0.2) is 40.0 Å². The molecule has 3 N–H and O–H groups in total. The maximum Gasteiger partial charge on any atom is 0.170 e. The van der Waals surface area contributed by atoms with Crippen LogP contribution in [0.1, 0.15) is 22.3 Å². The number of halogens is 1. The monoisotopic (exact) mass is 348 g/mol. The average Bonchev–Trinajstić information content (AvgIpc) is 2.45. The van der Waals surface area contributed by atoms with Crippen molar-refractivity contribution in [3.63, 3.8) is 0 Å². The normalized spacial score (nSPS) is 11.5. The number of rotatable bonds is 3. The molecule has 2 rings (SSSR count). The third-order valence-electron chi connectivity index (χ3n) is 3.32. The maximum absolute atomic E-state index is 8.70. The van der Waals surface area contributed by atoms with Crippen molar-refractivity contribution < 1.29 is 9.94 Å². The highest BCUT2D eigenvalue weighted by Crippen LogP contribution is 2.33. The fraction of sp³-hybridized carbons (Fsp3) is 0.188. The lowest BCUT2D eigenvalue weighted by Crippen LogP contribution is -2.12. The summed E-state index contributed by atoms with van der Waals surface area (Å²) in [5, 5.41) is 11.7. The standard InChI is InChI=1S/C16H17BrN2O2/c1-9-6-10(2)11(3)15(7-9)21-14-5-4-12(8-13(14)17)16(18)19-20/h4-8,20H,1-3H3,(H2,18,19). The number of hydrogen-bond donors (Lipinski definition) is 2. The summed E-state index contributed by atoms with van der Waals surface area (Å²) in [4.78, 5) is 0. The largest absolute Gasteiger partial charge is 0.456 e. The van der Waals surface area contributed by atoms with Crippen molar-refractivity contribution in [3.05, 3.63) is 57.1 Å². The average molecular weight is 349 g/mol. The first-order valence-electron chi connectivity index (χ1n) is 6.45. The molecule has 0 saturated heterocycles. The van der Waals surface area contributed by atoms with Crippen molar-refractivity contribution in [1.82, 2.24) is 0 Å². The summed E-state index contributed by atoms with van der Waals surface area (Å²) in [5.74, 6) is 1.56. The number of ether oxygens (including phenoxy) is 1. The number of hydrogen-bond acceptors (Lipinski definition) is 3. The van der Waals surface area contributed by atoms with E-state index in [1.54, 1.807) is 18.2 Å². The predicted molar refractivity (Wildman–Crippen MR) is 87.4 cm³/mol. The van der Waals surface area contributed by atoms with Crippen molar-refractivity contribution in [2.24, 2.45) is 10.9 Å². The van der Waals surface area contributed by atoms with Crippen molar-refractivity contribution in [2.45, 2.75) is 20.8 Å². The summed E-state index contributed by atoms with van der Waals surface area (Å²) < 4.78 is 6.72. The number of benzene rings is 2. The quantitative estimate of drug-likeness (QED) is 0.377. The van der Waals surface area contributed by atoms with Crippen molar-refractivity contribution in [1.29, 1.82) is 0 Å². The lowest BCUT2D eigenvalue weighted by atomic mass is 10.1. The van der Waals surface area contributed by atoms with E-state index in [-0.39, 0.29) is 5.84 Å². The molecule has 0 heterocycles. The van der Waals surface area contributed by atoms with Crippen LogP contribution < -0.4 is 10.5 Å². The Bertz CT molecular complexity index is 712. The Balaban J connectivity index is 2.37. The molecule has 0 bridgehead atoms. The first kappa shape index (κ1) is 15.4. The summed E-state index contributed by atoms with van der Waals surface area (Å²) in [6, 6.07) is 9.41. The minimum Gasteiger partial charge on any atom is -0.456 e. The highest BCUT2D eigenvalue weighted by Gasteiger charge is 2.10. The van der Waals surface area contributed by atoms with Crippen LogP contribution in [-0.2, 0) is 0 Å². The smallest absolute Gasteiger partial charge is 0.170 e. The zero-order chi connectivity index (χ0) is 15.6. The summed E-state index contributed by atoms with van der Waals surface area (Å²) >= 11 is 3.45. The number of aryl methyl sites for hydroxylation is 2. The summed E-state index contributed by atoms with van der Waals surface area (Å²) in [5.41, 5.74) is 9.63. The zero-order valence-corrected chi connectivity index (χ0v) is 13.7. The van der Waals surface area contributed by atoms with Crippen LogP contribution in [0.25, 0.3) is 0 Å². The molecule has 21 heavy (non-hydrogen) atoms. The molecule has 5 heteroatoms. The Labute approximate surface area is 132 Å². The second-order valence-electron chi connectivity index (χ2n) is 4.94. The predicted octanol–water partition coefficient (Wildman–Crippen LogP) is 4.26. The Hall–Kier alpha value is -2.01. The van der Waals surface area contributed by atoms with Crippen LogP contribution in [0.3, 0.4) is 0 Å². The summed E-state index contributed by atoms with van der Waals surface area (Å²) in [7, 11) is 0. The first-order valence-corrected chi connectivity index (χ1v) is 7.25. The zero-order valence-electron chi connectivity index (χ0n) is 12.1. The fourth-order valence-corrected chi connectivity index (χ4v) is 2.49. The van der Waals surface area contributed by atoms with Crippen molar-refractivity contribution in [3.8, 4) is 11.5 Å². The molecule has 0 aliphatic carbocycles. The number of amidine groups is 1. The van der Waals surface area contributed by atoms with Gasteiger partial charge in [0.1, 0.15) is 11.5 Å². The summed E-state index contributed by atoms with van der Waals surface area (Å²) in [6.07, 6.45) is 0. The topological polar surface area (TPSA) is 67.8 Å². The van der Waals surface area contributed by atoms with Gasteiger partial charge in [0.15, 0.2) is 5.84 Å². The molecule has 110 valence electrons. The third kappa shape index (κ3) is 3.36. The molecule has 0 unspecified atom stereocenters. The Morgan fingerprint density at radius 3 is 2.48 bits per heavy atom. The van der Waals surface area contributed by atoms with Gasteiger partial charge in [0.25, 0.3) is 0 Å². The van der Waals surface area contributed by atoms with E-state index in [0.717, 1.165) is 21.3 Å². The van der Waals surface area contributed by atoms with E-state index in [0.29, 0.717) is 11.3 Å². The molecule has 2 aromatic rings. The molecule has 0 aliphatic rings. The maximum atomic E-state index is 8.70. The third-order valence-corrected chi connectivity index (χ3v) is 3.94. The number of oxime groups is 1. The minimum atomic E-state index is 0.0600. The Morgan fingerprint density at radius 2 is 1.86 bits per heavy atom. The van der Waals surface area contributed by atoms with E-state index in [2.05, 4.69) is 34.1 Å². The lowest BCUT2D eigenvalue weighted by Gasteiger charge is -2.13. The van der Waals surface area contributed by atoms with Gasteiger partial charge >= 0.3 is 0 Å². The summed E-state index contributed by atoms with van der Waals surface area (Å²) in [6.45, 7) is 6.13. The van der Waals surface area contributed by atoms with Gasteiger partial charge in [0, 0.05) is 5.56 Å². The van der Waals surface area contributed by atoms with Crippen LogP contribution in [0.2, 0.25) is 0 Å². The van der Waals surface area contributed by atoms with Gasteiger partial charge in [0.05, 0.1) is 4.47 Å². The van der Waals surface area contributed by atoms with Crippen molar-refractivity contribution in [2.75, 3.05) is 0 Å². The highest BCUT2D eigenvalue weighted by molar-refractivity contribution is 9.10. The molecule has 0 atom stereocenters. The van der Waals surface area contributed by atoms with E-state index in [9.17, 15) is 0 Å². The fourth-order valence-electron chi connectivity index (χ4n) is 2.03. The number of nitrogens with two attached hydrogens (primary N) is 1. The molecule has 0 radical (unpaired) electrons. The van der Waals surface area contributed by atoms with Gasteiger partial charge < -0.3 is 15.7 Å². The van der Waals surface area contributed by atoms with Gasteiger partial charge in [-0.15, -0.1) is 0 Å². The molecule has 0 aromatic heterocycles. The van der Waals surface area contributed by atoms with Crippen LogP contribution in [-0.4, -0.2) is 11.0 Å². The van der Waals surface area contributed by atoms with E-state index < -0.39 is 0 Å². The van der Waals surface area contributed by atoms with E-state index in [1.165, 1.54) is 5.56 Å². The minimum absolute atomic E-state index is 0.0600. The van der Waals surface area contributed by atoms with Crippen LogP contribution in [0.5, 0.6) is 11.5 Å². The molecular formula is C16H17BrN2O2. The van der Waals surface area contributed by atoms with Gasteiger partial charge in [0.2, 0.25) is 0 Å². The number of nitrogens with zero attached hydrogens (tertiary/aromatic N) is 1. The highest BCUT2D eigenvalue weighted by atomic mass is 79.9. The molecular weight excluding hydrogens is 332 g/mol. The molecule has 0 spiro atoms. The SMILES string of the molecule is Cc1cc(C)c(C)c(Oc2ccc(/C(N)=N/O)cc2Br)c1. The van der Waals surface area contributed by atoms with Crippen molar-refractivity contribution >= 4 is 21.8 Å². The van der Waals surface area contributed by atoms with Crippen LogP contribution in [0, 0.1) is 20.8 Å². The molecule has 2 aromatic carbocycles. The molecule has 0 fully saturated rings. The second-order valence-corrected chi connectivity index (χ2v) is 5.79. The van der Waals surface area contributed by atoms with Gasteiger partial charge in [-0.05, 0) is 77.7 Å². The molecule has 0 amide bonds. The van der Waals surface area contributed by atoms with Crippen LogP contribution in [0.4, 0.5) is 0 Å². The van der Waals surface area contributed by atoms with Gasteiger partial charge in [-0.25, -0.2) is 0 Å². The van der Waals surface area contributed by atoms with E-state index in [4.69, 9.17) is 15.7 Å². The molecule has 0 saturated carbocycles. The molecule has 0 aliphatic heterocycles. The first-order chi connectivity index (χ1) is 9.92. The molecule has 4 nitrogen and oxygen atoms in total. The van der Waals surface area contributed by atoms with Gasteiger partial charge in [-0.3, -0.25) is 0 Å². The van der Waals surface area contributed by atoms with Gasteiger partial charge in [-0.2, -0.15) is 0 Å². The lowest BCUT2D eigenvalue weighted by molar-refractivity contribution is 0.318. The van der Waals surface area contributed by atoms with E-state index in [1.807, 2.05) is 19.9 Å². The Kier molecular flexibility index (Phi) is 4.53. The second kappa shape index (κ2) is 6.18. The van der Waals surface area contributed by atoms with E-state index >= 15 is 0 Å². The Morgan fingerprint density at radius 1 is 1.14 bits per heavy atom. The van der Waals surface area contributed by atoms with Gasteiger partial charge in [-0.1, -0.05) is 11.2 Å².